The Balaban J connectivity index is 0.000000185. The summed E-state index contributed by atoms with van der Waals surface area (Å²) in [5.41, 5.74) is 6.75. The molecular formula is C98H142N20O12S4. The Morgan fingerprint density at radius 3 is 0.925 bits per heavy atom. The molecule has 4 aliphatic heterocycles. The Bertz CT molecular complexity index is 5160. The number of pyridine rings is 4. The Kier molecular flexibility index (Phi) is 36.2. The van der Waals surface area contributed by atoms with Crippen LogP contribution in [0.15, 0.2) is 49.1 Å². The third kappa shape index (κ3) is 27.2. The van der Waals surface area contributed by atoms with Gasteiger partial charge in [0.05, 0.1) is 67.6 Å². The number of carbonyl (C=O) groups excluding carboxylic acids is 8. The molecule has 13 rings (SSSR count). The first-order chi connectivity index (χ1) is 62.9. The number of nitrogens with one attached hydrogen (secondary N) is 8. The molecule has 0 spiro atoms. The molecule has 12 heterocycles. The monoisotopic (exact) mass is 1920 g/mol. The van der Waals surface area contributed by atoms with Gasteiger partial charge < -0.3 is 82.6 Å². The van der Waals surface area contributed by atoms with Gasteiger partial charge in [-0.05, 0) is 289 Å². The van der Waals surface area contributed by atoms with Crippen LogP contribution in [-0.4, -0.2) is 249 Å². The number of aromatic nitrogens is 8. The number of likely N-dealkylation sites (tertiary alicyclic amines) is 4. The van der Waals surface area contributed by atoms with Crippen molar-refractivity contribution in [3.8, 4) is 41.8 Å². The maximum absolute atomic E-state index is 13.5. The van der Waals surface area contributed by atoms with Crippen molar-refractivity contribution in [1.82, 2.24) is 80.7 Å². The quantitative estimate of drug-likeness (QED) is 0.0227. The fraction of sp³-hybridized carbons (Fsp3) is 0.592. The molecule has 8 amide bonds. The first-order valence-electron chi connectivity index (χ1n) is 47.2. The van der Waals surface area contributed by atoms with Gasteiger partial charge in [-0.1, -0.05) is 13.8 Å². The molecule has 13 atom stereocenters. The highest BCUT2D eigenvalue weighted by atomic mass is 32.1. The SMILES string of the molecule is CC[C@@H](C)Nc1cc(C)c(-c2sc(C(=O)N[C@@H]3CCC[C@H]3O)nc2C(=O)N2CCC[C@@H]2C)cn1.CC[C@H](C)Nc1cc(C)c(-c2sc(C(=O)N[C@@H](C)C(C)(C)O)nc2C(=O)N2CCC[C@@H]2C)cn1.Cc1cc(NC(C)(C)C)ncc1-c1sc(C(=O)N[C@@H](C)[C@H](C)O)nc1C(=O)N1CCC[C@@H]1C.Cc1cc(NC(C)(C)C)ncc1-c1sc(C(=O)N[C@H](C)[C@H](C)O)nc1C(=O)N1CCC[C@@H]1C. The summed E-state index contributed by atoms with van der Waals surface area (Å²) in [6, 6.07) is 7.35. The summed E-state index contributed by atoms with van der Waals surface area (Å²) in [7, 11) is 0. The molecule has 1 saturated carbocycles. The van der Waals surface area contributed by atoms with E-state index in [0.29, 0.717) is 69.9 Å². The van der Waals surface area contributed by atoms with Crippen LogP contribution < -0.4 is 42.5 Å². The molecule has 0 unspecified atom stereocenters. The molecule has 730 valence electrons. The minimum absolute atomic E-state index is 0.135. The van der Waals surface area contributed by atoms with Gasteiger partial charge in [0, 0.05) is 121 Å². The minimum atomic E-state index is -1.08. The molecular weight excluding hydrogens is 1780 g/mol. The second-order valence-corrected chi connectivity index (χ2v) is 43.4. The van der Waals surface area contributed by atoms with E-state index in [1.165, 1.54) is 45.3 Å². The zero-order chi connectivity index (χ0) is 98.6. The van der Waals surface area contributed by atoms with Crippen molar-refractivity contribution in [3.63, 3.8) is 0 Å². The highest BCUT2D eigenvalue weighted by Gasteiger charge is 2.40. The summed E-state index contributed by atoms with van der Waals surface area (Å²) in [5, 5.41) is 65.4. The first kappa shape index (κ1) is 106. The average Bonchev–Trinajstić information content (AvgIpc) is 1.64. The Labute approximate surface area is 805 Å². The lowest BCUT2D eigenvalue weighted by atomic mass is 10.0. The van der Waals surface area contributed by atoms with Crippen molar-refractivity contribution in [3.05, 3.63) is 114 Å². The van der Waals surface area contributed by atoms with Gasteiger partial charge in [0.15, 0.2) is 20.0 Å². The van der Waals surface area contributed by atoms with Gasteiger partial charge in [0.25, 0.3) is 47.3 Å². The lowest BCUT2D eigenvalue weighted by molar-refractivity contribution is 0.0408. The summed E-state index contributed by atoms with van der Waals surface area (Å²) in [6.07, 6.45) is 17.0. The molecule has 32 nitrogen and oxygen atoms in total. The van der Waals surface area contributed by atoms with Gasteiger partial charge in [-0.3, -0.25) is 38.4 Å². The van der Waals surface area contributed by atoms with Gasteiger partial charge in [0.1, 0.15) is 46.0 Å². The maximum Gasteiger partial charge on any atom is 0.280 e. The number of amides is 8. The van der Waals surface area contributed by atoms with Crippen LogP contribution in [0.3, 0.4) is 0 Å². The van der Waals surface area contributed by atoms with Crippen LogP contribution in [0.5, 0.6) is 0 Å². The van der Waals surface area contributed by atoms with E-state index >= 15 is 0 Å². The number of aliphatic hydroxyl groups is 4. The van der Waals surface area contributed by atoms with Crippen LogP contribution in [0.1, 0.15) is 332 Å². The molecule has 0 aromatic carbocycles. The maximum atomic E-state index is 13.5. The van der Waals surface area contributed by atoms with Crippen molar-refractivity contribution in [2.75, 3.05) is 47.4 Å². The number of hydrogen-bond acceptors (Lipinski definition) is 28. The van der Waals surface area contributed by atoms with Crippen molar-refractivity contribution in [2.24, 2.45) is 0 Å². The summed E-state index contributed by atoms with van der Waals surface area (Å²) < 4.78 is 0. The largest absolute Gasteiger partial charge is 0.391 e. The second kappa shape index (κ2) is 45.7. The van der Waals surface area contributed by atoms with Gasteiger partial charge in [0.2, 0.25) is 0 Å². The first-order valence-corrected chi connectivity index (χ1v) is 50.5. The number of aliphatic hydroxyl groups excluding tert-OH is 3. The van der Waals surface area contributed by atoms with E-state index < -0.39 is 59.8 Å². The number of anilines is 4. The number of rotatable bonds is 27. The lowest BCUT2D eigenvalue weighted by Crippen LogP contribution is -2.47. The van der Waals surface area contributed by atoms with E-state index in [2.05, 4.69) is 152 Å². The molecule has 8 aromatic heterocycles. The second-order valence-electron chi connectivity index (χ2n) is 39.4. The normalized spacial score (nSPS) is 19.4. The van der Waals surface area contributed by atoms with Crippen LogP contribution in [0, 0.1) is 27.7 Å². The number of carbonyl (C=O) groups is 8. The third-order valence-corrected chi connectivity index (χ3v) is 29.5. The number of aryl methyl sites for hydroxylation is 4. The molecule has 134 heavy (non-hydrogen) atoms. The predicted octanol–water partition coefficient (Wildman–Crippen LogP) is 15.9. The van der Waals surface area contributed by atoms with Gasteiger partial charge >= 0.3 is 0 Å². The zero-order valence-corrected chi connectivity index (χ0v) is 86.0. The summed E-state index contributed by atoms with van der Waals surface area (Å²) in [4.78, 5) is 152. The van der Waals surface area contributed by atoms with Crippen molar-refractivity contribution >= 4 is 116 Å². The van der Waals surface area contributed by atoms with Crippen molar-refractivity contribution in [2.45, 2.75) is 352 Å². The fourth-order valence-corrected chi connectivity index (χ4v) is 20.1. The van der Waals surface area contributed by atoms with Crippen LogP contribution >= 0.6 is 45.3 Å². The zero-order valence-electron chi connectivity index (χ0n) is 82.7. The molecule has 5 aliphatic rings. The van der Waals surface area contributed by atoms with Gasteiger partial charge in [-0.15, -0.1) is 45.3 Å². The van der Waals surface area contributed by atoms with E-state index in [1.807, 2.05) is 99.3 Å². The molecule has 36 heteroatoms. The number of hydrogen-bond donors (Lipinski definition) is 12. The highest BCUT2D eigenvalue weighted by molar-refractivity contribution is 7.18. The van der Waals surface area contributed by atoms with E-state index in [9.17, 15) is 58.8 Å². The highest BCUT2D eigenvalue weighted by Crippen LogP contribution is 2.42. The Morgan fingerprint density at radius 2 is 0.687 bits per heavy atom. The minimum Gasteiger partial charge on any atom is -0.391 e. The standard InChI is InChI=1S/C25H35N5O3S.C25H37N5O3S.2C24H35N5O3S/c1-5-15(3)27-20-12-14(2)17(13-26-20)22-21(25(33)30-11-7-8-16(30)4)29-24(34-22)23(32)28-18-9-6-10-19(18)31;1-8-15(3)27-19-12-14(2)18(13-26-19)21-20(24(32)30-11-9-10-16(30)4)29-23(34-21)22(31)28-17(5)25(6,7)33;2*1-13-11-18(28-24(5,6)7)25-12-17(13)20-19(23(32)29-10-8-9-14(29)2)27-22(33-20)21(31)26-15(3)16(4)30/h12-13,15-16,18-19,31H,5-11H2,1-4H3,(H,26,27)(H,28,32);12-13,15-17,33H,8-11H2,1-7H3,(H,26,27)(H,28,31);2*11-12,14-16,30H,8-10H2,1-7H3,(H,25,28)(H,26,31)/t15-,16+,18-,19-;15-,16-,17-;14-,15+,16-;14-,15-,16-/m1000/s1. The third-order valence-electron chi connectivity index (χ3n) is 25.2. The molecule has 5 fully saturated rings. The summed E-state index contributed by atoms with van der Waals surface area (Å²) in [6.45, 7) is 51.3. The smallest absolute Gasteiger partial charge is 0.280 e. The van der Waals surface area contributed by atoms with E-state index in [-0.39, 0.29) is 108 Å². The Hall–Kier alpha value is -10.1. The van der Waals surface area contributed by atoms with Crippen LogP contribution in [0.2, 0.25) is 0 Å². The molecule has 12 N–H and O–H groups in total. The molecule has 4 saturated heterocycles. The van der Waals surface area contributed by atoms with Gasteiger partial charge in [-0.2, -0.15) is 0 Å². The van der Waals surface area contributed by atoms with E-state index in [0.717, 1.165) is 145 Å². The average molecular weight is 1920 g/mol. The summed E-state index contributed by atoms with van der Waals surface area (Å²) in [5.74, 6) is 0.879. The van der Waals surface area contributed by atoms with Crippen molar-refractivity contribution < 1.29 is 58.8 Å². The Morgan fingerprint density at radius 1 is 0.410 bits per heavy atom. The molecule has 1 aliphatic carbocycles. The molecule has 0 radical (unpaired) electrons. The van der Waals surface area contributed by atoms with Gasteiger partial charge in [-0.25, -0.2) is 39.9 Å². The number of nitrogens with zero attached hydrogens (tertiary/aromatic N) is 12. The molecule has 0 bridgehead atoms. The van der Waals surface area contributed by atoms with Crippen molar-refractivity contribution in [1.29, 1.82) is 0 Å². The topological polar surface area (TPSA) is 430 Å². The van der Waals surface area contributed by atoms with Crippen LogP contribution in [0.25, 0.3) is 41.8 Å². The fourth-order valence-electron chi connectivity index (χ4n) is 16.0. The molecule has 8 aromatic rings. The number of thiazole rings is 4. The van der Waals surface area contributed by atoms with E-state index in [4.69, 9.17) is 0 Å². The van der Waals surface area contributed by atoms with E-state index in [1.54, 1.807) is 73.3 Å². The summed E-state index contributed by atoms with van der Waals surface area (Å²) >= 11 is 4.77. The predicted molar refractivity (Wildman–Crippen MR) is 534 cm³/mol. The van der Waals surface area contributed by atoms with Crippen LogP contribution in [-0.2, 0) is 0 Å². The van der Waals surface area contributed by atoms with Crippen LogP contribution in [0.4, 0.5) is 23.3 Å². The lowest BCUT2D eigenvalue weighted by Gasteiger charge is -2.26.